The standard InChI is InChI=1S/C16H16ClFIN/c1-9-6-13(14(17)7-10(9)2)16(20-3)12-5-4-11(18)8-15(12)19/h4-8,16,20H,1-3H3. The molecule has 1 N–H and O–H groups in total. The van der Waals surface area contributed by atoms with E-state index in [1.807, 2.05) is 26.1 Å². The van der Waals surface area contributed by atoms with Crippen molar-refractivity contribution in [3.8, 4) is 0 Å². The van der Waals surface area contributed by atoms with E-state index in [1.54, 1.807) is 0 Å². The van der Waals surface area contributed by atoms with E-state index in [1.165, 1.54) is 23.3 Å². The van der Waals surface area contributed by atoms with Crippen LogP contribution in [0.5, 0.6) is 0 Å². The summed E-state index contributed by atoms with van der Waals surface area (Å²) in [5, 5.41) is 4.00. The lowest BCUT2D eigenvalue weighted by atomic mass is 9.95. The Kier molecular flexibility index (Phi) is 5.04. The molecule has 20 heavy (non-hydrogen) atoms. The van der Waals surface area contributed by atoms with Gasteiger partial charge in [-0.1, -0.05) is 23.7 Å². The predicted octanol–water partition coefficient (Wildman–Crippen LogP) is 5.01. The molecule has 4 heteroatoms. The Morgan fingerprint density at radius 2 is 1.75 bits per heavy atom. The highest BCUT2D eigenvalue weighted by Crippen LogP contribution is 2.32. The lowest BCUT2D eigenvalue weighted by molar-refractivity contribution is 0.621. The third kappa shape index (κ3) is 3.15. The number of benzene rings is 2. The van der Waals surface area contributed by atoms with Crippen LogP contribution in [0.15, 0.2) is 30.3 Å². The minimum absolute atomic E-state index is 0.0469. The molecule has 0 amide bonds. The Balaban J connectivity index is 2.55. The van der Waals surface area contributed by atoms with E-state index in [-0.39, 0.29) is 11.9 Å². The minimum Gasteiger partial charge on any atom is -0.309 e. The molecule has 0 aliphatic carbocycles. The number of halogens is 3. The van der Waals surface area contributed by atoms with E-state index in [4.69, 9.17) is 11.6 Å². The summed E-state index contributed by atoms with van der Waals surface area (Å²) in [4.78, 5) is 0. The van der Waals surface area contributed by atoms with Crippen LogP contribution in [-0.4, -0.2) is 7.05 Å². The molecular formula is C16H16ClFIN. The van der Waals surface area contributed by atoms with Gasteiger partial charge in [0.25, 0.3) is 0 Å². The molecule has 1 atom stereocenters. The minimum atomic E-state index is -0.223. The zero-order valence-corrected chi connectivity index (χ0v) is 14.5. The van der Waals surface area contributed by atoms with Crippen molar-refractivity contribution in [1.29, 1.82) is 0 Å². The lowest BCUT2D eigenvalue weighted by Crippen LogP contribution is -2.19. The number of hydrogen-bond donors (Lipinski definition) is 1. The van der Waals surface area contributed by atoms with Crippen LogP contribution < -0.4 is 5.32 Å². The second-order valence-corrected chi connectivity index (χ2v) is 6.41. The van der Waals surface area contributed by atoms with Crippen LogP contribution in [0.1, 0.15) is 28.3 Å². The monoisotopic (exact) mass is 403 g/mol. The molecule has 0 spiro atoms. The van der Waals surface area contributed by atoms with Gasteiger partial charge in [0.1, 0.15) is 5.82 Å². The molecular weight excluding hydrogens is 388 g/mol. The van der Waals surface area contributed by atoms with Crippen molar-refractivity contribution in [3.63, 3.8) is 0 Å². The molecule has 2 aromatic carbocycles. The van der Waals surface area contributed by atoms with Crippen molar-refractivity contribution in [2.24, 2.45) is 0 Å². The topological polar surface area (TPSA) is 12.0 Å². The summed E-state index contributed by atoms with van der Waals surface area (Å²) in [5.41, 5.74) is 4.41. The summed E-state index contributed by atoms with van der Waals surface area (Å²) >= 11 is 8.55. The average molecular weight is 404 g/mol. The van der Waals surface area contributed by atoms with Crippen molar-refractivity contribution in [1.82, 2.24) is 5.32 Å². The number of rotatable bonds is 3. The Hall–Kier alpha value is -0.650. The maximum absolute atomic E-state index is 13.3. The SMILES string of the molecule is CNC(c1cc(C)c(C)cc1Cl)c1ccc(F)cc1I. The van der Waals surface area contributed by atoms with Crippen LogP contribution in [0.4, 0.5) is 4.39 Å². The largest absolute Gasteiger partial charge is 0.309 e. The average Bonchev–Trinajstić information content (AvgIpc) is 2.38. The summed E-state index contributed by atoms with van der Waals surface area (Å²) in [6.07, 6.45) is 0. The van der Waals surface area contributed by atoms with Crippen LogP contribution >= 0.6 is 34.2 Å². The number of aryl methyl sites for hydroxylation is 2. The van der Waals surface area contributed by atoms with Crippen LogP contribution in [0.25, 0.3) is 0 Å². The molecule has 1 unspecified atom stereocenters. The van der Waals surface area contributed by atoms with E-state index >= 15 is 0 Å². The molecule has 0 heterocycles. The van der Waals surface area contributed by atoms with Gasteiger partial charge in [-0.3, -0.25) is 0 Å². The maximum atomic E-state index is 13.3. The van der Waals surface area contributed by atoms with Crippen molar-refractivity contribution in [3.05, 3.63) is 67.0 Å². The molecule has 0 aromatic heterocycles. The van der Waals surface area contributed by atoms with Crippen molar-refractivity contribution in [2.75, 3.05) is 7.05 Å². The summed E-state index contributed by atoms with van der Waals surface area (Å²) in [6.45, 7) is 4.11. The molecule has 0 aliphatic heterocycles. The molecule has 0 saturated heterocycles. The Morgan fingerprint density at radius 1 is 1.10 bits per heavy atom. The van der Waals surface area contributed by atoms with Gasteiger partial charge in [0.2, 0.25) is 0 Å². The zero-order chi connectivity index (χ0) is 14.9. The first kappa shape index (κ1) is 15.7. The number of nitrogens with one attached hydrogen (secondary N) is 1. The molecule has 2 aromatic rings. The molecule has 0 saturated carbocycles. The fourth-order valence-corrected chi connectivity index (χ4v) is 3.35. The van der Waals surface area contributed by atoms with E-state index in [9.17, 15) is 4.39 Å². The molecule has 0 radical (unpaired) electrons. The van der Waals surface area contributed by atoms with Gasteiger partial charge in [-0.25, -0.2) is 4.39 Å². The predicted molar refractivity (Wildman–Crippen MR) is 90.9 cm³/mol. The summed E-state index contributed by atoms with van der Waals surface area (Å²) < 4.78 is 14.1. The second-order valence-electron chi connectivity index (χ2n) is 4.85. The highest BCUT2D eigenvalue weighted by Gasteiger charge is 2.18. The van der Waals surface area contributed by atoms with Gasteiger partial charge in [-0.2, -0.15) is 0 Å². The van der Waals surface area contributed by atoms with Gasteiger partial charge in [0.15, 0.2) is 0 Å². The second kappa shape index (κ2) is 6.41. The van der Waals surface area contributed by atoms with Gasteiger partial charge < -0.3 is 5.32 Å². The Morgan fingerprint density at radius 3 is 2.35 bits per heavy atom. The van der Waals surface area contributed by atoms with E-state index in [0.717, 1.165) is 19.7 Å². The van der Waals surface area contributed by atoms with Crippen molar-refractivity contribution < 1.29 is 4.39 Å². The molecule has 106 valence electrons. The first-order valence-corrected chi connectivity index (χ1v) is 7.78. The number of hydrogen-bond acceptors (Lipinski definition) is 1. The van der Waals surface area contributed by atoms with Crippen molar-refractivity contribution >= 4 is 34.2 Å². The van der Waals surface area contributed by atoms with Crippen LogP contribution in [0.2, 0.25) is 5.02 Å². The quantitative estimate of drug-likeness (QED) is 0.711. The fourth-order valence-electron chi connectivity index (χ4n) is 2.24. The Bertz CT molecular complexity index is 643. The Labute approximate surface area is 137 Å². The van der Waals surface area contributed by atoms with Gasteiger partial charge >= 0.3 is 0 Å². The van der Waals surface area contributed by atoms with E-state index < -0.39 is 0 Å². The first-order valence-electron chi connectivity index (χ1n) is 6.33. The molecule has 1 nitrogen and oxygen atoms in total. The van der Waals surface area contributed by atoms with Crippen LogP contribution in [-0.2, 0) is 0 Å². The molecule has 0 aliphatic rings. The molecule has 2 rings (SSSR count). The van der Waals surface area contributed by atoms with Gasteiger partial charge in [0.05, 0.1) is 6.04 Å². The van der Waals surface area contributed by atoms with Crippen LogP contribution in [0.3, 0.4) is 0 Å². The maximum Gasteiger partial charge on any atom is 0.124 e. The molecule has 0 bridgehead atoms. The highest BCUT2D eigenvalue weighted by molar-refractivity contribution is 14.1. The highest BCUT2D eigenvalue weighted by atomic mass is 127. The summed E-state index contributed by atoms with van der Waals surface area (Å²) in [5.74, 6) is -0.223. The molecule has 0 fully saturated rings. The summed E-state index contributed by atoms with van der Waals surface area (Å²) in [7, 11) is 1.88. The van der Waals surface area contributed by atoms with E-state index in [2.05, 4.69) is 40.9 Å². The van der Waals surface area contributed by atoms with Gasteiger partial charge in [-0.05, 0) is 83.9 Å². The van der Waals surface area contributed by atoms with Crippen molar-refractivity contribution in [2.45, 2.75) is 19.9 Å². The third-order valence-electron chi connectivity index (χ3n) is 3.49. The van der Waals surface area contributed by atoms with Gasteiger partial charge in [0, 0.05) is 8.59 Å². The van der Waals surface area contributed by atoms with Crippen LogP contribution in [0, 0.1) is 23.2 Å². The lowest BCUT2D eigenvalue weighted by Gasteiger charge is -2.21. The zero-order valence-electron chi connectivity index (χ0n) is 11.6. The summed E-state index contributed by atoms with van der Waals surface area (Å²) in [6, 6.07) is 8.86. The van der Waals surface area contributed by atoms with Gasteiger partial charge in [-0.15, -0.1) is 0 Å². The normalized spacial score (nSPS) is 12.5. The smallest absolute Gasteiger partial charge is 0.124 e. The first-order chi connectivity index (χ1) is 9.43. The van der Waals surface area contributed by atoms with E-state index in [0.29, 0.717) is 0 Å². The third-order valence-corrected chi connectivity index (χ3v) is 4.75. The fraction of sp³-hybridized carbons (Fsp3) is 0.250.